The van der Waals surface area contributed by atoms with Gasteiger partial charge in [-0.1, -0.05) is 6.92 Å². The van der Waals surface area contributed by atoms with E-state index in [9.17, 15) is 9.59 Å². The highest BCUT2D eigenvalue weighted by molar-refractivity contribution is 5.86. The van der Waals surface area contributed by atoms with Gasteiger partial charge < -0.3 is 15.4 Å². The Kier molecular flexibility index (Phi) is 5.87. The number of hydrogen-bond donors (Lipinski definition) is 2. The van der Waals surface area contributed by atoms with Crippen LogP contribution in [0.25, 0.3) is 0 Å². The van der Waals surface area contributed by atoms with E-state index < -0.39 is 12.0 Å². The van der Waals surface area contributed by atoms with Crippen molar-refractivity contribution in [1.29, 1.82) is 0 Å². The fourth-order valence-electron chi connectivity index (χ4n) is 0.973. The molecule has 82 valence electrons. The Hall–Kier alpha value is -1.10. The molecule has 1 amide bonds. The lowest BCUT2D eigenvalue weighted by atomic mass is 10.2. The molecule has 5 heteroatoms. The monoisotopic (exact) mass is 202 g/mol. The normalized spacial score (nSPS) is 14.3. The first kappa shape index (κ1) is 12.9. The van der Waals surface area contributed by atoms with Crippen molar-refractivity contribution in [3.63, 3.8) is 0 Å². The Labute approximate surface area is 84.2 Å². The summed E-state index contributed by atoms with van der Waals surface area (Å²) in [4.78, 5) is 22.4. The molecule has 0 aliphatic rings. The first-order valence-electron chi connectivity index (χ1n) is 4.64. The van der Waals surface area contributed by atoms with Gasteiger partial charge >= 0.3 is 5.97 Å². The van der Waals surface area contributed by atoms with E-state index in [1.807, 2.05) is 6.92 Å². The van der Waals surface area contributed by atoms with Crippen LogP contribution in [0.1, 0.15) is 20.8 Å². The van der Waals surface area contributed by atoms with E-state index in [-0.39, 0.29) is 11.9 Å². The molecule has 5 nitrogen and oxygen atoms in total. The molecule has 0 aliphatic heterocycles. The smallest absolute Gasteiger partial charge is 0.328 e. The summed E-state index contributed by atoms with van der Waals surface area (Å²) in [7, 11) is 1.29. The van der Waals surface area contributed by atoms with Gasteiger partial charge in [0.15, 0.2) is 0 Å². The van der Waals surface area contributed by atoms with Crippen LogP contribution in [0.5, 0.6) is 0 Å². The fourth-order valence-corrected chi connectivity index (χ4v) is 0.973. The van der Waals surface area contributed by atoms with Crippen LogP contribution in [0.2, 0.25) is 0 Å². The zero-order valence-corrected chi connectivity index (χ0v) is 9.09. The summed E-state index contributed by atoms with van der Waals surface area (Å²) in [5, 5.41) is 5.48. The van der Waals surface area contributed by atoms with E-state index in [0.717, 1.165) is 0 Å². The summed E-state index contributed by atoms with van der Waals surface area (Å²) in [6.45, 7) is 5.94. The van der Waals surface area contributed by atoms with Crippen molar-refractivity contribution < 1.29 is 14.3 Å². The number of esters is 1. The maximum atomic E-state index is 11.4. The quantitative estimate of drug-likeness (QED) is 0.599. The Morgan fingerprint density at radius 3 is 2.29 bits per heavy atom. The standard InChI is InChI=1S/C9H18N2O3/c1-5-10-6(2)8(12)11-7(3)9(13)14-4/h6-7,10H,5H2,1-4H3,(H,11,12). The Morgan fingerprint density at radius 2 is 1.86 bits per heavy atom. The largest absolute Gasteiger partial charge is 0.467 e. The van der Waals surface area contributed by atoms with Crippen LogP contribution in [0.4, 0.5) is 0 Å². The Bertz CT molecular complexity index is 206. The van der Waals surface area contributed by atoms with Crippen LogP contribution in [-0.2, 0) is 14.3 Å². The molecule has 0 aromatic carbocycles. The van der Waals surface area contributed by atoms with E-state index in [2.05, 4.69) is 15.4 Å². The molecule has 0 rings (SSSR count). The van der Waals surface area contributed by atoms with Gasteiger partial charge in [-0.25, -0.2) is 4.79 Å². The SMILES string of the molecule is CCNC(C)C(=O)NC(C)C(=O)OC. The van der Waals surface area contributed by atoms with E-state index >= 15 is 0 Å². The molecule has 14 heavy (non-hydrogen) atoms. The van der Waals surface area contributed by atoms with Crippen molar-refractivity contribution in [3.05, 3.63) is 0 Å². The Morgan fingerprint density at radius 1 is 1.29 bits per heavy atom. The van der Waals surface area contributed by atoms with E-state index in [4.69, 9.17) is 0 Å². The zero-order valence-electron chi connectivity index (χ0n) is 9.09. The maximum absolute atomic E-state index is 11.4. The van der Waals surface area contributed by atoms with Gasteiger partial charge in [0.05, 0.1) is 13.2 Å². The van der Waals surface area contributed by atoms with Gasteiger partial charge in [0.2, 0.25) is 5.91 Å². The summed E-state index contributed by atoms with van der Waals surface area (Å²) in [6, 6.07) is -0.902. The highest BCUT2D eigenvalue weighted by Gasteiger charge is 2.18. The minimum Gasteiger partial charge on any atom is -0.467 e. The van der Waals surface area contributed by atoms with Crippen molar-refractivity contribution in [2.24, 2.45) is 0 Å². The third-order valence-electron chi connectivity index (χ3n) is 1.82. The molecule has 2 atom stereocenters. The average Bonchev–Trinajstić information content (AvgIpc) is 2.16. The van der Waals surface area contributed by atoms with Gasteiger partial charge in [-0.15, -0.1) is 0 Å². The number of amides is 1. The second kappa shape index (κ2) is 6.37. The highest BCUT2D eigenvalue weighted by atomic mass is 16.5. The molecule has 0 spiro atoms. The fraction of sp³-hybridized carbons (Fsp3) is 0.778. The molecular formula is C9H18N2O3. The molecule has 0 aromatic rings. The molecule has 0 aromatic heterocycles. The number of carbonyl (C=O) groups excluding carboxylic acids is 2. The minimum absolute atomic E-state index is 0.204. The van der Waals surface area contributed by atoms with Crippen molar-refractivity contribution in [2.45, 2.75) is 32.9 Å². The third-order valence-corrected chi connectivity index (χ3v) is 1.82. The van der Waals surface area contributed by atoms with Crippen molar-refractivity contribution in [2.75, 3.05) is 13.7 Å². The number of carbonyl (C=O) groups is 2. The molecule has 0 bridgehead atoms. The van der Waals surface area contributed by atoms with E-state index in [1.165, 1.54) is 7.11 Å². The summed E-state index contributed by atoms with van der Waals surface area (Å²) < 4.78 is 4.48. The number of ether oxygens (including phenoxy) is 1. The van der Waals surface area contributed by atoms with E-state index in [0.29, 0.717) is 6.54 Å². The molecule has 0 saturated carbocycles. The first-order chi connectivity index (χ1) is 6.52. The van der Waals surface area contributed by atoms with Gasteiger partial charge in [-0.05, 0) is 20.4 Å². The third kappa shape index (κ3) is 4.23. The maximum Gasteiger partial charge on any atom is 0.328 e. The number of likely N-dealkylation sites (N-methyl/N-ethyl adjacent to an activating group) is 1. The van der Waals surface area contributed by atoms with Crippen molar-refractivity contribution in [1.82, 2.24) is 10.6 Å². The highest BCUT2D eigenvalue weighted by Crippen LogP contribution is 1.88. The van der Waals surface area contributed by atoms with Crippen LogP contribution >= 0.6 is 0 Å². The molecular weight excluding hydrogens is 184 g/mol. The topological polar surface area (TPSA) is 67.4 Å². The molecule has 2 N–H and O–H groups in total. The Balaban J connectivity index is 3.98. The number of methoxy groups -OCH3 is 1. The summed E-state index contributed by atoms with van der Waals surface area (Å²) in [5.41, 5.74) is 0. The van der Waals surface area contributed by atoms with Crippen LogP contribution < -0.4 is 10.6 Å². The van der Waals surface area contributed by atoms with Crippen LogP contribution in [-0.4, -0.2) is 37.6 Å². The van der Waals surface area contributed by atoms with Gasteiger partial charge in [-0.2, -0.15) is 0 Å². The van der Waals surface area contributed by atoms with Gasteiger partial charge in [-0.3, -0.25) is 4.79 Å². The number of hydrogen-bond acceptors (Lipinski definition) is 4. The second-order valence-corrected chi connectivity index (χ2v) is 3.03. The lowest BCUT2D eigenvalue weighted by Crippen LogP contribution is -2.48. The number of nitrogens with one attached hydrogen (secondary N) is 2. The molecule has 0 aliphatic carbocycles. The lowest BCUT2D eigenvalue weighted by molar-refractivity contribution is -0.144. The first-order valence-corrected chi connectivity index (χ1v) is 4.64. The predicted molar refractivity (Wildman–Crippen MR) is 52.8 cm³/mol. The van der Waals surface area contributed by atoms with Crippen molar-refractivity contribution in [3.8, 4) is 0 Å². The molecule has 0 radical (unpaired) electrons. The van der Waals surface area contributed by atoms with Gasteiger partial charge in [0, 0.05) is 0 Å². The lowest BCUT2D eigenvalue weighted by Gasteiger charge is -2.16. The van der Waals surface area contributed by atoms with Crippen molar-refractivity contribution >= 4 is 11.9 Å². The zero-order chi connectivity index (χ0) is 11.1. The molecule has 0 saturated heterocycles. The number of rotatable bonds is 5. The van der Waals surface area contributed by atoms with Crippen LogP contribution in [0.15, 0.2) is 0 Å². The van der Waals surface area contributed by atoms with Gasteiger partial charge in [0.1, 0.15) is 6.04 Å². The molecule has 0 fully saturated rings. The van der Waals surface area contributed by atoms with Crippen LogP contribution in [0.3, 0.4) is 0 Å². The minimum atomic E-state index is -0.603. The molecule has 0 heterocycles. The second-order valence-electron chi connectivity index (χ2n) is 3.03. The van der Waals surface area contributed by atoms with E-state index in [1.54, 1.807) is 13.8 Å². The van der Waals surface area contributed by atoms with Gasteiger partial charge in [0.25, 0.3) is 0 Å². The average molecular weight is 202 g/mol. The summed E-state index contributed by atoms with van der Waals surface area (Å²) in [6.07, 6.45) is 0. The summed E-state index contributed by atoms with van der Waals surface area (Å²) >= 11 is 0. The molecule has 2 unspecified atom stereocenters. The van der Waals surface area contributed by atoms with Crippen LogP contribution in [0, 0.1) is 0 Å². The summed E-state index contributed by atoms with van der Waals surface area (Å²) in [5.74, 6) is -0.646. The predicted octanol–water partition coefficient (Wildman–Crippen LogP) is -0.338.